The maximum Gasteiger partial charge on any atom is 0.407 e. The Labute approximate surface area is 197 Å². The SMILES string of the molecule is COC(=O)/C=C/c1ccc2c(c1)nc(CC(C)CC(C)(C)C)n2CCNC(=O)OC(C)(C)C. The summed E-state index contributed by atoms with van der Waals surface area (Å²) in [7, 11) is 1.36. The predicted octanol–water partition coefficient (Wildman–Crippen LogP) is 5.36. The molecule has 7 nitrogen and oxygen atoms in total. The van der Waals surface area contributed by atoms with E-state index in [0.717, 1.165) is 35.3 Å². The van der Waals surface area contributed by atoms with Crippen LogP contribution in [0.5, 0.6) is 0 Å². The molecule has 0 bridgehead atoms. The zero-order valence-corrected chi connectivity index (χ0v) is 21.3. The van der Waals surface area contributed by atoms with Gasteiger partial charge in [-0.2, -0.15) is 0 Å². The van der Waals surface area contributed by atoms with E-state index in [9.17, 15) is 9.59 Å². The van der Waals surface area contributed by atoms with Crippen molar-refractivity contribution in [2.24, 2.45) is 11.3 Å². The Balaban J connectivity index is 2.27. The third-order valence-corrected chi connectivity index (χ3v) is 4.96. The molecule has 1 heterocycles. The first kappa shape index (κ1) is 26.4. The number of nitrogens with one attached hydrogen (secondary N) is 1. The van der Waals surface area contributed by atoms with Gasteiger partial charge >= 0.3 is 12.1 Å². The summed E-state index contributed by atoms with van der Waals surface area (Å²) in [4.78, 5) is 28.4. The quantitative estimate of drug-likeness (QED) is 0.426. The normalized spacial score (nSPS) is 13.3. The van der Waals surface area contributed by atoms with Crippen molar-refractivity contribution < 1.29 is 19.1 Å². The highest BCUT2D eigenvalue weighted by molar-refractivity contribution is 5.88. The van der Waals surface area contributed by atoms with Gasteiger partial charge in [0.1, 0.15) is 11.4 Å². The van der Waals surface area contributed by atoms with Gasteiger partial charge < -0.3 is 19.4 Å². The lowest BCUT2D eigenvalue weighted by Crippen LogP contribution is -2.34. The molecule has 2 aromatic rings. The Morgan fingerprint density at radius 3 is 2.48 bits per heavy atom. The molecular weight excluding hydrogens is 418 g/mol. The fourth-order valence-electron chi connectivity index (χ4n) is 3.95. The molecule has 0 radical (unpaired) electrons. The van der Waals surface area contributed by atoms with E-state index in [1.54, 1.807) is 6.08 Å². The van der Waals surface area contributed by atoms with Crippen molar-refractivity contribution in [3.8, 4) is 0 Å². The number of amides is 1. The van der Waals surface area contributed by atoms with Gasteiger partial charge in [-0.3, -0.25) is 0 Å². The van der Waals surface area contributed by atoms with Crippen LogP contribution in [0.15, 0.2) is 24.3 Å². The van der Waals surface area contributed by atoms with E-state index in [4.69, 9.17) is 9.72 Å². The van der Waals surface area contributed by atoms with Crippen molar-refractivity contribution in [2.45, 2.75) is 73.5 Å². The Hall–Kier alpha value is -2.83. The highest BCUT2D eigenvalue weighted by atomic mass is 16.6. The molecule has 1 aromatic carbocycles. The van der Waals surface area contributed by atoms with Crippen molar-refractivity contribution in [2.75, 3.05) is 13.7 Å². The molecular formula is C26H39N3O4. The molecule has 0 saturated carbocycles. The van der Waals surface area contributed by atoms with Gasteiger partial charge in [0.2, 0.25) is 0 Å². The second kappa shape index (κ2) is 10.9. The molecule has 1 amide bonds. The third kappa shape index (κ3) is 8.91. The number of esters is 1. The highest BCUT2D eigenvalue weighted by Gasteiger charge is 2.20. The number of hydrogen-bond donors (Lipinski definition) is 1. The number of aromatic nitrogens is 2. The van der Waals surface area contributed by atoms with E-state index in [1.807, 2.05) is 39.0 Å². The van der Waals surface area contributed by atoms with E-state index in [-0.39, 0.29) is 5.41 Å². The molecule has 1 aromatic heterocycles. The van der Waals surface area contributed by atoms with Crippen LogP contribution in [-0.2, 0) is 27.2 Å². The zero-order valence-electron chi connectivity index (χ0n) is 21.3. The molecule has 2 rings (SSSR count). The van der Waals surface area contributed by atoms with Gasteiger partial charge in [-0.05, 0) is 62.3 Å². The van der Waals surface area contributed by atoms with Gasteiger partial charge in [0, 0.05) is 25.6 Å². The topological polar surface area (TPSA) is 82.5 Å². The van der Waals surface area contributed by atoms with Gasteiger partial charge in [-0.1, -0.05) is 33.8 Å². The first-order valence-corrected chi connectivity index (χ1v) is 11.5. The summed E-state index contributed by atoms with van der Waals surface area (Å²) in [6, 6.07) is 5.92. The van der Waals surface area contributed by atoms with Crippen LogP contribution in [0.2, 0.25) is 0 Å². The van der Waals surface area contributed by atoms with Crippen LogP contribution in [0.3, 0.4) is 0 Å². The van der Waals surface area contributed by atoms with Gasteiger partial charge in [0.15, 0.2) is 0 Å². The lowest BCUT2D eigenvalue weighted by atomic mass is 9.84. The second-order valence-electron chi connectivity index (χ2n) is 10.8. The molecule has 1 unspecified atom stereocenters. The second-order valence-corrected chi connectivity index (χ2v) is 10.8. The van der Waals surface area contributed by atoms with Crippen LogP contribution >= 0.6 is 0 Å². The Bertz CT molecular complexity index is 993. The van der Waals surface area contributed by atoms with E-state index in [2.05, 4.69) is 42.3 Å². The standard InChI is InChI=1S/C26H39N3O4/c1-18(17-25(2,3)4)15-22-28-20-16-19(10-12-23(30)32-8)9-11-21(20)29(22)14-13-27-24(31)33-26(5,6)7/h9-12,16,18H,13-15,17H2,1-8H3,(H,27,31)/b12-10+. The van der Waals surface area contributed by atoms with E-state index in [0.29, 0.717) is 19.0 Å². The lowest BCUT2D eigenvalue weighted by Gasteiger charge is -2.23. The maximum absolute atomic E-state index is 12.1. The molecule has 0 aliphatic carbocycles. The minimum absolute atomic E-state index is 0.236. The number of methoxy groups -OCH3 is 1. The molecule has 1 N–H and O–H groups in total. The maximum atomic E-state index is 12.1. The van der Waals surface area contributed by atoms with Gasteiger partial charge in [0.25, 0.3) is 0 Å². The molecule has 7 heteroatoms. The van der Waals surface area contributed by atoms with Crippen LogP contribution in [0.1, 0.15) is 66.3 Å². The predicted molar refractivity (Wildman–Crippen MR) is 132 cm³/mol. The Morgan fingerprint density at radius 1 is 1.18 bits per heavy atom. The first-order chi connectivity index (χ1) is 15.3. The first-order valence-electron chi connectivity index (χ1n) is 11.5. The van der Waals surface area contributed by atoms with Crippen molar-refractivity contribution in [1.82, 2.24) is 14.9 Å². The monoisotopic (exact) mass is 457 g/mol. The van der Waals surface area contributed by atoms with Crippen molar-refractivity contribution >= 4 is 29.2 Å². The number of fused-ring (bicyclic) bond motifs is 1. The molecule has 0 aliphatic heterocycles. The summed E-state index contributed by atoms with van der Waals surface area (Å²) in [5.74, 6) is 1.05. The van der Waals surface area contributed by atoms with Crippen LogP contribution in [0, 0.1) is 11.3 Å². The van der Waals surface area contributed by atoms with E-state index >= 15 is 0 Å². The third-order valence-electron chi connectivity index (χ3n) is 4.96. The van der Waals surface area contributed by atoms with Gasteiger partial charge in [-0.25, -0.2) is 14.6 Å². The number of benzene rings is 1. The minimum Gasteiger partial charge on any atom is -0.466 e. The van der Waals surface area contributed by atoms with Gasteiger partial charge in [-0.15, -0.1) is 0 Å². The smallest absolute Gasteiger partial charge is 0.407 e. The Morgan fingerprint density at radius 2 is 1.88 bits per heavy atom. The lowest BCUT2D eigenvalue weighted by molar-refractivity contribution is -0.134. The van der Waals surface area contributed by atoms with Crippen LogP contribution in [0.25, 0.3) is 17.1 Å². The largest absolute Gasteiger partial charge is 0.466 e. The summed E-state index contributed by atoms with van der Waals surface area (Å²) in [5.41, 5.74) is 2.43. The summed E-state index contributed by atoms with van der Waals surface area (Å²) in [5, 5.41) is 2.84. The number of hydrogen-bond acceptors (Lipinski definition) is 5. The minimum atomic E-state index is -0.534. The number of rotatable bonds is 8. The molecule has 0 saturated heterocycles. The average Bonchev–Trinajstić information content (AvgIpc) is 2.99. The van der Waals surface area contributed by atoms with Gasteiger partial charge in [0.05, 0.1) is 18.1 Å². The number of carbonyl (C=O) groups is 2. The molecule has 0 spiro atoms. The van der Waals surface area contributed by atoms with Crippen LogP contribution in [0.4, 0.5) is 4.79 Å². The van der Waals surface area contributed by atoms with Crippen LogP contribution in [-0.4, -0.2) is 40.9 Å². The van der Waals surface area contributed by atoms with E-state index < -0.39 is 17.7 Å². The summed E-state index contributed by atoms with van der Waals surface area (Å²) >= 11 is 0. The van der Waals surface area contributed by atoms with Crippen LogP contribution < -0.4 is 5.32 Å². The summed E-state index contributed by atoms with van der Waals surface area (Å²) < 4.78 is 12.2. The summed E-state index contributed by atoms with van der Waals surface area (Å²) in [6.07, 6.45) is 4.61. The molecule has 33 heavy (non-hydrogen) atoms. The van der Waals surface area contributed by atoms with Crippen molar-refractivity contribution in [1.29, 1.82) is 0 Å². The number of ether oxygens (including phenoxy) is 2. The number of carbonyl (C=O) groups excluding carboxylic acids is 2. The Kier molecular flexibility index (Phi) is 8.69. The fraction of sp³-hybridized carbons (Fsp3) is 0.577. The molecule has 0 aliphatic rings. The average molecular weight is 458 g/mol. The number of imidazole rings is 1. The fourth-order valence-corrected chi connectivity index (χ4v) is 3.95. The summed E-state index contributed by atoms with van der Waals surface area (Å²) in [6.45, 7) is 15.5. The number of alkyl carbamates (subject to hydrolysis) is 1. The highest BCUT2D eigenvalue weighted by Crippen LogP contribution is 2.27. The van der Waals surface area contributed by atoms with Crippen molar-refractivity contribution in [3.05, 3.63) is 35.7 Å². The molecule has 182 valence electrons. The molecule has 0 fully saturated rings. The van der Waals surface area contributed by atoms with Crippen molar-refractivity contribution in [3.63, 3.8) is 0 Å². The zero-order chi connectivity index (χ0) is 24.8. The molecule has 1 atom stereocenters. The number of nitrogens with zero attached hydrogens (tertiary/aromatic N) is 2. The van der Waals surface area contributed by atoms with E-state index in [1.165, 1.54) is 13.2 Å².